The van der Waals surface area contributed by atoms with Crippen molar-refractivity contribution in [1.29, 1.82) is 0 Å². The van der Waals surface area contributed by atoms with Gasteiger partial charge in [-0.05, 0) is 37.1 Å². The Balaban J connectivity index is 1.45. The molecular formula is C23H26N6O4. The summed E-state index contributed by atoms with van der Waals surface area (Å²) < 4.78 is 5.01. The van der Waals surface area contributed by atoms with E-state index in [0.29, 0.717) is 5.82 Å². The van der Waals surface area contributed by atoms with Gasteiger partial charge < -0.3 is 15.0 Å². The van der Waals surface area contributed by atoms with Crippen LogP contribution in [0.2, 0.25) is 0 Å². The maximum Gasteiger partial charge on any atom is 0.330 e. The number of nitrogens with one attached hydrogen (secondary N) is 1. The number of carbonyl (C=O) groups excluding carboxylic acids is 3. The van der Waals surface area contributed by atoms with E-state index in [1.54, 1.807) is 0 Å². The van der Waals surface area contributed by atoms with E-state index in [2.05, 4.69) is 20.7 Å². The van der Waals surface area contributed by atoms with Crippen molar-refractivity contribution in [2.24, 2.45) is 0 Å². The van der Waals surface area contributed by atoms with E-state index in [9.17, 15) is 14.4 Å². The molecule has 1 heterocycles. The fourth-order valence-electron chi connectivity index (χ4n) is 3.04. The third-order valence-corrected chi connectivity index (χ3v) is 4.94. The van der Waals surface area contributed by atoms with Gasteiger partial charge in [-0.15, -0.1) is 10.2 Å². The molecule has 0 atom stereocenters. The molecule has 0 saturated carbocycles. The summed E-state index contributed by atoms with van der Waals surface area (Å²) in [5, 5.41) is 14.7. The Hall–Kier alpha value is -4.08. The number of benzene rings is 2. The van der Waals surface area contributed by atoms with Crippen LogP contribution in [0.15, 0.2) is 42.5 Å². The summed E-state index contributed by atoms with van der Waals surface area (Å²) in [6, 6.07) is 13.3. The van der Waals surface area contributed by atoms with Crippen LogP contribution in [0.25, 0.3) is 11.4 Å². The van der Waals surface area contributed by atoms with E-state index in [4.69, 9.17) is 4.74 Å². The average Bonchev–Trinajstić information content (AvgIpc) is 3.23. The monoisotopic (exact) mass is 450 g/mol. The number of para-hydroxylation sites is 1. The molecule has 1 N–H and O–H groups in total. The molecule has 0 saturated heterocycles. The fourth-order valence-corrected chi connectivity index (χ4v) is 3.04. The molecular weight excluding hydrogens is 424 g/mol. The molecule has 0 radical (unpaired) electrons. The Kier molecular flexibility index (Phi) is 7.50. The fraction of sp³-hybridized carbons (Fsp3) is 0.304. The lowest BCUT2D eigenvalue weighted by Gasteiger charge is -2.18. The molecule has 2 aromatic carbocycles. The predicted octanol–water partition coefficient (Wildman–Crippen LogP) is 1.91. The molecule has 0 aliphatic carbocycles. The van der Waals surface area contributed by atoms with Crippen LogP contribution in [0.1, 0.15) is 16.7 Å². The lowest BCUT2D eigenvalue weighted by Crippen LogP contribution is -2.37. The Morgan fingerprint density at radius 3 is 2.36 bits per heavy atom. The molecule has 33 heavy (non-hydrogen) atoms. The molecule has 0 spiro atoms. The van der Waals surface area contributed by atoms with E-state index >= 15 is 0 Å². The molecule has 0 unspecified atom stereocenters. The second kappa shape index (κ2) is 10.5. The Morgan fingerprint density at radius 2 is 1.70 bits per heavy atom. The van der Waals surface area contributed by atoms with Crippen molar-refractivity contribution in [2.75, 3.05) is 25.5 Å². The van der Waals surface area contributed by atoms with Gasteiger partial charge in [-0.3, -0.25) is 9.59 Å². The summed E-state index contributed by atoms with van der Waals surface area (Å²) in [5.74, 6) is -1.16. The van der Waals surface area contributed by atoms with Crippen LogP contribution in [0, 0.1) is 20.8 Å². The largest absolute Gasteiger partial charge is 0.454 e. The van der Waals surface area contributed by atoms with Gasteiger partial charge in [-0.1, -0.05) is 48.0 Å². The summed E-state index contributed by atoms with van der Waals surface area (Å²) in [6.45, 7) is 4.80. The highest BCUT2D eigenvalue weighted by atomic mass is 16.5. The topological polar surface area (TPSA) is 119 Å². The number of esters is 1. The first kappa shape index (κ1) is 23.6. The Bertz CT molecular complexity index is 1140. The van der Waals surface area contributed by atoms with Crippen molar-refractivity contribution < 1.29 is 19.1 Å². The Labute approximate surface area is 191 Å². The SMILES string of the molecule is Cc1ccc(-c2nnn(CC(=O)OCC(=O)N(C)CC(=O)Nc3c(C)cccc3C)n2)cc1. The first-order chi connectivity index (χ1) is 15.7. The number of hydrogen-bond donors (Lipinski definition) is 1. The second-order valence-corrected chi connectivity index (χ2v) is 7.73. The maximum atomic E-state index is 12.3. The minimum Gasteiger partial charge on any atom is -0.454 e. The van der Waals surface area contributed by atoms with Crippen LogP contribution in [0.5, 0.6) is 0 Å². The average molecular weight is 450 g/mol. The summed E-state index contributed by atoms with van der Waals surface area (Å²) in [4.78, 5) is 38.9. The molecule has 2 amide bonds. The number of amides is 2. The van der Waals surface area contributed by atoms with Crippen molar-refractivity contribution in [1.82, 2.24) is 25.1 Å². The normalized spacial score (nSPS) is 10.5. The second-order valence-electron chi connectivity index (χ2n) is 7.73. The van der Waals surface area contributed by atoms with Gasteiger partial charge in [0.15, 0.2) is 13.2 Å². The maximum absolute atomic E-state index is 12.3. The van der Waals surface area contributed by atoms with E-state index in [-0.39, 0.29) is 19.0 Å². The quantitative estimate of drug-likeness (QED) is 0.521. The van der Waals surface area contributed by atoms with Gasteiger partial charge in [-0.2, -0.15) is 4.80 Å². The number of hydrogen-bond acceptors (Lipinski definition) is 7. The number of aryl methyl sites for hydroxylation is 3. The Morgan fingerprint density at radius 1 is 1.03 bits per heavy atom. The molecule has 3 aromatic rings. The van der Waals surface area contributed by atoms with Crippen LogP contribution < -0.4 is 5.32 Å². The summed E-state index contributed by atoms with van der Waals surface area (Å²) in [5.41, 5.74) is 4.46. The molecule has 0 aliphatic rings. The first-order valence-corrected chi connectivity index (χ1v) is 10.3. The summed E-state index contributed by atoms with van der Waals surface area (Å²) >= 11 is 0. The minimum atomic E-state index is -0.690. The lowest BCUT2D eigenvalue weighted by atomic mass is 10.1. The number of nitrogens with zero attached hydrogens (tertiary/aromatic N) is 5. The number of rotatable bonds is 8. The molecule has 0 aliphatic heterocycles. The van der Waals surface area contributed by atoms with Gasteiger partial charge in [0.25, 0.3) is 5.91 Å². The standard InChI is InChI=1S/C23H26N6O4/c1-15-8-10-18(11-9-15)23-25-27-29(26-23)13-21(32)33-14-20(31)28(4)12-19(30)24-22-16(2)6-5-7-17(22)3/h5-11H,12-14H2,1-4H3,(H,24,30). The van der Waals surface area contributed by atoms with Crippen LogP contribution in [0.4, 0.5) is 5.69 Å². The van der Waals surface area contributed by atoms with Crippen molar-refractivity contribution in [3.8, 4) is 11.4 Å². The van der Waals surface area contributed by atoms with E-state index in [1.165, 1.54) is 11.9 Å². The number of anilines is 1. The molecule has 10 nitrogen and oxygen atoms in total. The van der Waals surface area contributed by atoms with Crippen LogP contribution in [-0.2, 0) is 25.7 Å². The van der Waals surface area contributed by atoms with Gasteiger partial charge >= 0.3 is 5.97 Å². The van der Waals surface area contributed by atoms with Crippen molar-refractivity contribution in [3.05, 3.63) is 59.2 Å². The minimum absolute atomic E-state index is 0.172. The highest BCUT2D eigenvalue weighted by Gasteiger charge is 2.17. The summed E-state index contributed by atoms with van der Waals surface area (Å²) in [6.07, 6.45) is 0. The molecule has 0 fully saturated rings. The van der Waals surface area contributed by atoms with Crippen LogP contribution in [-0.4, -0.2) is 63.1 Å². The third kappa shape index (κ3) is 6.45. The van der Waals surface area contributed by atoms with Crippen molar-refractivity contribution in [2.45, 2.75) is 27.3 Å². The van der Waals surface area contributed by atoms with Crippen molar-refractivity contribution >= 4 is 23.5 Å². The van der Waals surface area contributed by atoms with Gasteiger partial charge in [0.1, 0.15) is 0 Å². The zero-order valence-electron chi connectivity index (χ0n) is 19.0. The highest BCUT2D eigenvalue weighted by Crippen LogP contribution is 2.19. The van der Waals surface area contributed by atoms with Crippen LogP contribution >= 0.6 is 0 Å². The number of tetrazole rings is 1. The zero-order chi connectivity index (χ0) is 24.0. The zero-order valence-corrected chi connectivity index (χ0v) is 19.0. The molecule has 172 valence electrons. The van der Waals surface area contributed by atoms with E-state index in [0.717, 1.165) is 32.7 Å². The molecule has 3 rings (SSSR count). The van der Waals surface area contributed by atoms with E-state index in [1.807, 2.05) is 63.2 Å². The van der Waals surface area contributed by atoms with Crippen molar-refractivity contribution in [3.63, 3.8) is 0 Å². The van der Waals surface area contributed by atoms with E-state index < -0.39 is 18.5 Å². The number of ether oxygens (including phenoxy) is 1. The lowest BCUT2D eigenvalue weighted by molar-refractivity contribution is -0.152. The molecule has 10 heteroatoms. The first-order valence-electron chi connectivity index (χ1n) is 10.3. The van der Waals surface area contributed by atoms with Crippen LogP contribution in [0.3, 0.4) is 0 Å². The van der Waals surface area contributed by atoms with Gasteiger partial charge in [0, 0.05) is 18.3 Å². The predicted molar refractivity (Wildman–Crippen MR) is 121 cm³/mol. The molecule has 0 bridgehead atoms. The number of likely N-dealkylation sites (N-methyl/N-ethyl adjacent to an activating group) is 1. The molecule has 1 aromatic heterocycles. The van der Waals surface area contributed by atoms with Gasteiger partial charge in [0.2, 0.25) is 11.7 Å². The number of carbonyl (C=O) groups is 3. The number of aromatic nitrogens is 4. The summed E-state index contributed by atoms with van der Waals surface area (Å²) in [7, 11) is 1.47. The van der Waals surface area contributed by atoms with Gasteiger partial charge in [0.05, 0.1) is 6.54 Å². The smallest absolute Gasteiger partial charge is 0.330 e. The third-order valence-electron chi connectivity index (χ3n) is 4.94. The highest BCUT2D eigenvalue weighted by molar-refractivity contribution is 5.96. The van der Waals surface area contributed by atoms with Gasteiger partial charge in [-0.25, -0.2) is 4.79 Å².